The number of aliphatic hydroxyl groups is 1. The van der Waals surface area contributed by atoms with Gasteiger partial charge in [-0.05, 0) is 37.2 Å². The van der Waals surface area contributed by atoms with Crippen LogP contribution in [0.5, 0.6) is 0 Å². The Kier molecular flexibility index (Phi) is 4.67. The van der Waals surface area contributed by atoms with Gasteiger partial charge in [0, 0.05) is 6.42 Å². The molecule has 3 rings (SSSR count). The molecule has 2 aromatic heterocycles. The molecule has 1 fully saturated rings. The Labute approximate surface area is 155 Å². The highest BCUT2D eigenvalue weighted by atomic mass is 28.4. The van der Waals surface area contributed by atoms with Crippen molar-refractivity contribution >= 4 is 19.7 Å². The van der Waals surface area contributed by atoms with Crippen LogP contribution >= 0.6 is 0 Å². The van der Waals surface area contributed by atoms with Crippen LogP contribution in [0.4, 0.5) is 5.82 Å². The third-order valence-electron chi connectivity index (χ3n) is 5.94. The highest BCUT2D eigenvalue weighted by molar-refractivity contribution is 6.74. The van der Waals surface area contributed by atoms with Crippen LogP contribution in [0.25, 0.3) is 5.52 Å². The summed E-state index contributed by atoms with van der Waals surface area (Å²) in [5, 5.41) is 14.2. The predicted octanol–water partition coefficient (Wildman–Crippen LogP) is 2.70. The van der Waals surface area contributed by atoms with E-state index in [1.54, 1.807) is 4.52 Å². The molecule has 1 aliphatic heterocycles. The van der Waals surface area contributed by atoms with Crippen molar-refractivity contribution in [2.75, 3.05) is 12.3 Å². The minimum Gasteiger partial charge on any atom is -0.410 e. The number of rotatable bonds is 4. The van der Waals surface area contributed by atoms with Crippen LogP contribution in [0.3, 0.4) is 0 Å². The van der Waals surface area contributed by atoms with E-state index in [0.29, 0.717) is 12.2 Å². The fourth-order valence-electron chi connectivity index (χ4n) is 3.29. The van der Waals surface area contributed by atoms with Crippen LogP contribution < -0.4 is 5.73 Å². The standard InChI is InChI=1S/C18H30N4O3Si/c1-17(2,3)26(5,6)25-15-9-12(10-23)24-18(15,4)14-8-7-13-16(19)20-11-21-22(13)14/h7-8,11-12,15,23H,9-10H2,1-6H3,(H2,19,20,21)/t12-,15?,18-/m0/s1. The summed E-state index contributed by atoms with van der Waals surface area (Å²) >= 11 is 0. The van der Waals surface area contributed by atoms with Crippen molar-refractivity contribution in [3.05, 3.63) is 24.2 Å². The zero-order chi connectivity index (χ0) is 19.3. The predicted molar refractivity (Wildman–Crippen MR) is 103 cm³/mol. The molecule has 3 heterocycles. The van der Waals surface area contributed by atoms with Crippen LogP contribution in [0, 0.1) is 0 Å². The lowest BCUT2D eigenvalue weighted by Crippen LogP contribution is -2.48. The zero-order valence-electron chi connectivity index (χ0n) is 16.5. The quantitative estimate of drug-likeness (QED) is 0.794. The molecule has 8 heteroatoms. The van der Waals surface area contributed by atoms with Gasteiger partial charge in [0.15, 0.2) is 14.1 Å². The molecule has 0 spiro atoms. The number of aliphatic hydroxyl groups excluding tert-OH is 1. The van der Waals surface area contributed by atoms with Crippen LogP contribution in [-0.2, 0) is 14.8 Å². The van der Waals surface area contributed by atoms with Crippen LogP contribution in [0.15, 0.2) is 18.5 Å². The second-order valence-corrected chi connectivity index (χ2v) is 13.5. The van der Waals surface area contributed by atoms with Gasteiger partial charge in [-0.3, -0.25) is 0 Å². The first-order valence-corrected chi connectivity index (χ1v) is 12.0. The van der Waals surface area contributed by atoms with Gasteiger partial charge in [0.2, 0.25) is 0 Å². The van der Waals surface area contributed by atoms with E-state index < -0.39 is 13.9 Å². The van der Waals surface area contributed by atoms with Crippen molar-refractivity contribution < 1.29 is 14.3 Å². The molecule has 7 nitrogen and oxygen atoms in total. The molecule has 0 radical (unpaired) electrons. The molecule has 0 amide bonds. The maximum atomic E-state index is 9.71. The molecule has 26 heavy (non-hydrogen) atoms. The van der Waals surface area contributed by atoms with E-state index in [9.17, 15) is 5.11 Å². The average molecular weight is 379 g/mol. The summed E-state index contributed by atoms with van der Waals surface area (Å²) in [6.45, 7) is 13.1. The molecule has 0 aliphatic carbocycles. The SMILES string of the molecule is CC(C)(C)[Si](C)(C)OC1C[C@@H](CO)O[C@@]1(C)c1ccc2c(N)ncnn12. The largest absolute Gasteiger partial charge is 0.410 e. The molecule has 3 atom stereocenters. The molecule has 3 N–H and O–H groups in total. The van der Waals surface area contributed by atoms with Crippen molar-refractivity contribution in [3.63, 3.8) is 0 Å². The Morgan fingerprint density at radius 1 is 1.42 bits per heavy atom. The smallest absolute Gasteiger partial charge is 0.192 e. The van der Waals surface area contributed by atoms with Crippen molar-refractivity contribution in [3.8, 4) is 0 Å². The lowest BCUT2D eigenvalue weighted by Gasteiger charge is -2.42. The van der Waals surface area contributed by atoms with Crippen LogP contribution in [0.2, 0.25) is 18.1 Å². The molecule has 0 saturated carbocycles. The van der Waals surface area contributed by atoms with Gasteiger partial charge in [0.25, 0.3) is 0 Å². The molecular weight excluding hydrogens is 348 g/mol. The van der Waals surface area contributed by atoms with Crippen molar-refractivity contribution in [1.82, 2.24) is 14.6 Å². The molecule has 2 aromatic rings. The normalized spacial score (nSPS) is 27.3. The summed E-state index contributed by atoms with van der Waals surface area (Å²) < 4.78 is 14.8. The number of nitrogens with zero attached hydrogens (tertiary/aromatic N) is 3. The summed E-state index contributed by atoms with van der Waals surface area (Å²) in [7, 11) is -2.02. The first kappa shape index (κ1) is 19.3. The lowest BCUT2D eigenvalue weighted by atomic mass is 9.95. The maximum Gasteiger partial charge on any atom is 0.192 e. The number of hydrogen-bond donors (Lipinski definition) is 2. The number of fused-ring (bicyclic) bond motifs is 1. The molecule has 0 aromatic carbocycles. The average Bonchev–Trinajstić information content (AvgIpc) is 3.09. The Hall–Kier alpha value is -1.48. The summed E-state index contributed by atoms with van der Waals surface area (Å²) in [6.07, 6.45) is 1.65. The van der Waals surface area contributed by atoms with Gasteiger partial charge in [-0.15, -0.1) is 0 Å². The monoisotopic (exact) mass is 378 g/mol. The second kappa shape index (κ2) is 6.30. The lowest BCUT2D eigenvalue weighted by molar-refractivity contribution is -0.0857. The Morgan fingerprint density at radius 2 is 2.12 bits per heavy atom. The van der Waals surface area contributed by atoms with E-state index >= 15 is 0 Å². The van der Waals surface area contributed by atoms with Crippen LogP contribution in [0.1, 0.15) is 39.8 Å². The molecule has 1 saturated heterocycles. The molecule has 0 bridgehead atoms. The molecule has 1 aliphatic rings. The van der Waals surface area contributed by atoms with E-state index in [1.807, 2.05) is 19.1 Å². The van der Waals surface area contributed by atoms with Gasteiger partial charge >= 0.3 is 0 Å². The molecule has 1 unspecified atom stereocenters. The number of hydrogen-bond acceptors (Lipinski definition) is 6. The van der Waals surface area contributed by atoms with Crippen molar-refractivity contribution in [1.29, 1.82) is 0 Å². The fraction of sp³-hybridized carbons (Fsp3) is 0.667. The van der Waals surface area contributed by atoms with E-state index in [2.05, 4.69) is 43.9 Å². The third-order valence-corrected chi connectivity index (χ3v) is 10.4. The summed E-state index contributed by atoms with van der Waals surface area (Å²) in [5.74, 6) is 0.424. The minimum atomic E-state index is -2.02. The van der Waals surface area contributed by atoms with Crippen molar-refractivity contribution in [2.24, 2.45) is 0 Å². The summed E-state index contributed by atoms with van der Waals surface area (Å²) in [4.78, 5) is 4.05. The van der Waals surface area contributed by atoms with Gasteiger partial charge in [0.05, 0.1) is 24.5 Å². The summed E-state index contributed by atoms with van der Waals surface area (Å²) in [5.41, 5.74) is 6.86. The van der Waals surface area contributed by atoms with Gasteiger partial charge in [0.1, 0.15) is 17.4 Å². The van der Waals surface area contributed by atoms with Gasteiger partial charge in [-0.25, -0.2) is 9.50 Å². The zero-order valence-corrected chi connectivity index (χ0v) is 17.5. The van der Waals surface area contributed by atoms with Gasteiger partial charge < -0.3 is 20.0 Å². The van der Waals surface area contributed by atoms with Gasteiger partial charge in [-0.2, -0.15) is 5.10 Å². The number of aromatic nitrogens is 3. The first-order chi connectivity index (χ1) is 12.0. The van der Waals surface area contributed by atoms with E-state index in [1.165, 1.54) is 6.33 Å². The van der Waals surface area contributed by atoms with Crippen molar-refractivity contribution in [2.45, 2.75) is 70.1 Å². The van der Waals surface area contributed by atoms with E-state index in [4.69, 9.17) is 14.9 Å². The minimum absolute atomic E-state index is 0.0343. The third kappa shape index (κ3) is 3.04. The highest BCUT2D eigenvalue weighted by Gasteiger charge is 2.52. The van der Waals surface area contributed by atoms with Gasteiger partial charge in [-0.1, -0.05) is 20.8 Å². The van der Waals surface area contributed by atoms with E-state index in [0.717, 1.165) is 11.2 Å². The number of ether oxygens (including phenoxy) is 1. The summed E-state index contributed by atoms with van der Waals surface area (Å²) in [6, 6.07) is 3.86. The molecular formula is C18H30N4O3Si. The number of nitrogen functional groups attached to an aromatic ring is 1. The highest BCUT2D eigenvalue weighted by Crippen LogP contribution is 2.46. The topological polar surface area (TPSA) is 94.9 Å². The Balaban J connectivity index is 2.05. The Morgan fingerprint density at radius 3 is 2.73 bits per heavy atom. The fourth-order valence-corrected chi connectivity index (χ4v) is 4.68. The Bertz CT molecular complexity index is 801. The maximum absolute atomic E-state index is 9.71. The second-order valence-electron chi connectivity index (χ2n) is 8.79. The number of nitrogens with two attached hydrogens (primary N) is 1. The van der Waals surface area contributed by atoms with Crippen LogP contribution in [-0.4, -0.2) is 46.8 Å². The van der Waals surface area contributed by atoms with E-state index in [-0.39, 0.29) is 23.9 Å². The first-order valence-electron chi connectivity index (χ1n) is 9.05. The molecule has 144 valence electrons. The number of anilines is 1.